The zero-order valence-electron chi connectivity index (χ0n) is 8.46. The summed E-state index contributed by atoms with van der Waals surface area (Å²) in [7, 11) is 0. The summed E-state index contributed by atoms with van der Waals surface area (Å²) in [5.41, 5.74) is 0. The Balaban J connectivity index is 3.83. The molecule has 5 heteroatoms. The Kier molecular flexibility index (Phi) is 6.12. The lowest BCUT2D eigenvalue weighted by Gasteiger charge is -2.12. The molecule has 14 heavy (non-hydrogen) atoms. The fourth-order valence-corrected chi connectivity index (χ4v) is 0.831. The Hall–Kier alpha value is -1.57. The van der Waals surface area contributed by atoms with Gasteiger partial charge in [-0.1, -0.05) is 6.92 Å². The van der Waals surface area contributed by atoms with Gasteiger partial charge in [-0.15, -0.1) is 0 Å². The number of carbonyl (C=O) groups is 2. The van der Waals surface area contributed by atoms with Crippen molar-refractivity contribution in [1.82, 2.24) is 10.6 Å². The summed E-state index contributed by atoms with van der Waals surface area (Å²) in [6.07, 6.45) is 0.635. The standard InChI is InChI=1S/C9H15N3O2/c1-3-6-11-9(14)7(2)12-8(13)4-5-10/h7H,3-4,6H2,1-2H3,(H,11,14)(H,12,13). The molecule has 78 valence electrons. The number of nitrogens with zero attached hydrogens (tertiary/aromatic N) is 1. The summed E-state index contributed by atoms with van der Waals surface area (Å²) in [5, 5.41) is 13.3. The van der Waals surface area contributed by atoms with E-state index >= 15 is 0 Å². The first kappa shape index (κ1) is 12.4. The number of hydrogen-bond donors (Lipinski definition) is 2. The van der Waals surface area contributed by atoms with Crippen molar-refractivity contribution in [3.8, 4) is 6.07 Å². The van der Waals surface area contributed by atoms with E-state index in [4.69, 9.17) is 5.26 Å². The van der Waals surface area contributed by atoms with Gasteiger partial charge in [-0.25, -0.2) is 0 Å². The lowest BCUT2D eigenvalue weighted by atomic mass is 10.3. The Morgan fingerprint density at radius 1 is 1.50 bits per heavy atom. The SMILES string of the molecule is CCCNC(=O)C(C)NC(=O)CC#N. The van der Waals surface area contributed by atoms with Gasteiger partial charge in [0.15, 0.2) is 0 Å². The summed E-state index contributed by atoms with van der Waals surface area (Å²) in [4.78, 5) is 22.2. The van der Waals surface area contributed by atoms with E-state index in [1.54, 1.807) is 13.0 Å². The molecule has 0 spiro atoms. The minimum atomic E-state index is -0.581. The topological polar surface area (TPSA) is 82.0 Å². The van der Waals surface area contributed by atoms with E-state index in [-0.39, 0.29) is 12.3 Å². The number of hydrogen-bond acceptors (Lipinski definition) is 3. The van der Waals surface area contributed by atoms with Crippen LogP contribution in [0.1, 0.15) is 26.7 Å². The lowest BCUT2D eigenvalue weighted by molar-refractivity contribution is -0.128. The molecule has 0 aromatic rings. The minimum Gasteiger partial charge on any atom is -0.354 e. The van der Waals surface area contributed by atoms with Crippen LogP contribution in [0, 0.1) is 11.3 Å². The van der Waals surface area contributed by atoms with Gasteiger partial charge in [0.2, 0.25) is 11.8 Å². The van der Waals surface area contributed by atoms with E-state index in [1.807, 2.05) is 6.92 Å². The molecule has 0 aliphatic rings. The molecule has 0 aromatic heterocycles. The van der Waals surface area contributed by atoms with Gasteiger partial charge in [0.1, 0.15) is 12.5 Å². The second-order valence-electron chi connectivity index (χ2n) is 2.92. The zero-order chi connectivity index (χ0) is 11.0. The van der Waals surface area contributed by atoms with Crippen molar-refractivity contribution in [1.29, 1.82) is 5.26 Å². The summed E-state index contributed by atoms with van der Waals surface area (Å²) in [5.74, 6) is -0.648. The van der Waals surface area contributed by atoms with Crippen molar-refractivity contribution >= 4 is 11.8 Å². The molecule has 0 rings (SSSR count). The third-order valence-corrected chi connectivity index (χ3v) is 1.56. The highest BCUT2D eigenvalue weighted by Crippen LogP contribution is 1.85. The fraction of sp³-hybridized carbons (Fsp3) is 0.667. The quantitative estimate of drug-likeness (QED) is 0.647. The van der Waals surface area contributed by atoms with Crippen molar-refractivity contribution < 1.29 is 9.59 Å². The molecule has 1 unspecified atom stereocenters. The molecule has 0 aliphatic heterocycles. The first-order valence-electron chi connectivity index (χ1n) is 4.55. The molecule has 0 aliphatic carbocycles. The highest BCUT2D eigenvalue weighted by molar-refractivity contribution is 5.87. The Labute approximate surface area is 83.5 Å². The maximum Gasteiger partial charge on any atom is 0.242 e. The van der Waals surface area contributed by atoms with Crippen LogP contribution in [0.15, 0.2) is 0 Å². The largest absolute Gasteiger partial charge is 0.354 e. The predicted molar refractivity (Wildman–Crippen MR) is 51.1 cm³/mol. The minimum absolute atomic E-state index is 0.217. The number of rotatable bonds is 5. The molecule has 0 fully saturated rings. The number of amides is 2. The van der Waals surface area contributed by atoms with Gasteiger partial charge in [-0.2, -0.15) is 5.26 Å². The molecule has 0 radical (unpaired) electrons. The first-order valence-corrected chi connectivity index (χ1v) is 4.55. The smallest absolute Gasteiger partial charge is 0.242 e. The van der Waals surface area contributed by atoms with Crippen LogP contribution >= 0.6 is 0 Å². The van der Waals surface area contributed by atoms with Crippen molar-refractivity contribution in [3.05, 3.63) is 0 Å². The Morgan fingerprint density at radius 3 is 2.64 bits per heavy atom. The van der Waals surface area contributed by atoms with E-state index in [0.29, 0.717) is 6.54 Å². The molecule has 0 bridgehead atoms. The Bertz CT molecular complexity index is 245. The highest BCUT2D eigenvalue weighted by Gasteiger charge is 2.13. The van der Waals surface area contributed by atoms with Crippen LogP contribution in [0.2, 0.25) is 0 Å². The average Bonchev–Trinajstić information content (AvgIpc) is 2.14. The summed E-state index contributed by atoms with van der Waals surface area (Å²) in [6, 6.07) is 1.13. The second kappa shape index (κ2) is 6.89. The normalized spacial score (nSPS) is 11.2. The molecule has 0 aromatic carbocycles. The van der Waals surface area contributed by atoms with Crippen LogP contribution in [0.4, 0.5) is 0 Å². The van der Waals surface area contributed by atoms with Crippen LogP contribution in [0.3, 0.4) is 0 Å². The maximum atomic E-state index is 11.2. The molecule has 5 nitrogen and oxygen atoms in total. The lowest BCUT2D eigenvalue weighted by Crippen LogP contribution is -2.44. The average molecular weight is 197 g/mol. The van der Waals surface area contributed by atoms with Crippen molar-refractivity contribution in [3.63, 3.8) is 0 Å². The van der Waals surface area contributed by atoms with Crippen LogP contribution in [0.5, 0.6) is 0 Å². The van der Waals surface area contributed by atoms with Gasteiger partial charge in [0.25, 0.3) is 0 Å². The number of nitrogens with one attached hydrogen (secondary N) is 2. The highest BCUT2D eigenvalue weighted by atomic mass is 16.2. The van der Waals surface area contributed by atoms with Crippen LogP contribution in [0.25, 0.3) is 0 Å². The van der Waals surface area contributed by atoms with E-state index < -0.39 is 11.9 Å². The van der Waals surface area contributed by atoms with Gasteiger partial charge in [-0.3, -0.25) is 9.59 Å². The summed E-state index contributed by atoms with van der Waals surface area (Å²) in [6.45, 7) is 4.12. The van der Waals surface area contributed by atoms with Crippen molar-refractivity contribution in [2.24, 2.45) is 0 Å². The Morgan fingerprint density at radius 2 is 2.14 bits per heavy atom. The summed E-state index contributed by atoms with van der Waals surface area (Å²) >= 11 is 0. The monoisotopic (exact) mass is 197 g/mol. The van der Waals surface area contributed by atoms with Crippen LogP contribution < -0.4 is 10.6 Å². The van der Waals surface area contributed by atoms with Gasteiger partial charge < -0.3 is 10.6 Å². The van der Waals surface area contributed by atoms with Crippen molar-refractivity contribution in [2.75, 3.05) is 6.54 Å². The van der Waals surface area contributed by atoms with Crippen molar-refractivity contribution in [2.45, 2.75) is 32.7 Å². The second-order valence-corrected chi connectivity index (χ2v) is 2.92. The van der Waals surface area contributed by atoms with Gasteiger partial charge in [0.05, 0.1) is 6.07 Å². The van der Waals surface area contributed by atoms with E-state index in [1.165, 1.54) is 0 Å². The zero-order valence-corrected chi connectivity index (χ0v) is 8.46. The van der Waals surface area contributed by atoms with Gasteiger partial charge in [-0.05, 0) is 13.3 Å². The van der Waals surface area contributed by atoms with E-state index in [9.17, 15) is 9.59 Å². The molecule has 2 amide bonds. The molecule has 0 saturated heterocycles. The summed E-state index contributed by atoms with van der Waals surface area (Å²) < 4.78 is 0. The molecule has 2 N–H and O–H groups in total. The molecule has 0 saturated carbocycles. The molecule has 1 atom stereocenters. The van der Waals surface area contributed by atoms with Gasteiger partial charge >= 0.3 is 0 Å². The van der Waals surface area contributed by atoms with E-state index in [0.717, 1.165) is 6.42 Å². The predicted octanol–water partition coefficient (Wildman–Crippen LogP) is -0.0690. The number of nitriles is 1. The van der Waals surface area contributed by atoms with Crippen LogP contribution in [-0.2, 0) is 9.59 Å². The molecular weight excluding hydrogens is 182 g/mol. The maximum absolute atomic E-state index is 11.2. The van der Waals surface area contributed by atoms with E-state index in [2.05, 4.69) is 10.6 Å². The third-order valence-electron chi connectivity index (χ3n) is 1.56. The fourth-order valence-electron chi connectivity index (χ4n) is 0.831. The van der Waals surface area contributed by atoms with Crippen LogP contribution in [-0.4, -0.2) is 24.4 Å². The number of carbonyl (C=O) groups excluding carboxylic acids is 2. The third kappa shape index (κ3) is 5.14. The molecule has 0 heterocycles. The van der Waals surface area contributed by atoms with Gasteiger partial charge in [0, 0.05) is 6.54 Å². The first-order chi connectivity index (χ1) is 6.61. The molecular formula is C9H15N3O2.